The van der Waals surface area contributed by atoms with E-state index < -0.39 is 5.97 Å². The number of carboxylic acid groups (broad SMARTS) is 1. The second-order valence-corrected chi connectivity index (χ2v) is 8.32. The summed E-state index contributed by atoms with van der Waals surface area (Å²) in [5, 5.41) is 14.3. The summed E-state index contributed by atoms with van der Waals surface area (Å²) < 4.78 is 3.94. The number of thioether (sulfide) groups is 1. The van der Waals surface area contributed by atoms with Crippen LogP contribution in [-0.4, -0.2) is 43.8 Å². The minimum absolute atomic E-state index is 0.0602. The Morgan fingerprint density at radius 3 is 3.08 bits per heavy atom. The fourth-order valence-electron chi connectivity index (χ4n) is 3.48. The van der Waals surface area contributed by atoms with Crippen molar-refractivity contribution in [3.05, 3.63) is 34.9 Å². The summed E-state index contributed by atoms with van der Waals surface area (Å²) in [6.07, 6.45) is 4.92. The first-order valence-electron chi connectivity index (χ1n) is 8.07. The predicted octanol–water partition coefficient (Wildman–Crippen LogP) is 0.739. The number of nitrogens with one attached hydrogen (secondary N) is 1. The largest absolute Gasteiger partial charge is 0.477 e. The number of β-lactam (4-membered cyclic amide) rings is 1. The van der Waals surface area contributed by atoms with Gasteiger partial charge in [0, 0.05) is 16.7 Å². The molecular weight excluding hydrogens is 376 g/mol. The lowest BCUT2D eigenvalue weighted by atomic mass is 10.1. The summed E-state index contributed by atoms with van der Waals surface area (Å²) >= 11 is 3.16. The lowest BCUT2D eigenvalue weighted by molar-refractivity contribution is -0.696. The van der Waals surface area contributed by atoms with Crippen LogP contribution in [0.15, 0.2) is 29.0 Å². The predicted molar refractivity (Wildman–Crippen MR) is 95.5 cm³/mol. The summed E-state index contributed by atoms with van der Waals surface area (Å²) in [4.78, 5) is 37.0. The quantitative estimate of drug-likeness (QED) is 0.429. The number of aliphatic carboxylic acids is 1. The molecule has 4 heterocycles. The molecule has 4 rings (SSSR count). The van der Waals surface area contributed by atoms with Gasteiger partial charge in [0.05, 0.1) is 11.8 Å². The summed E-state index contributed by atoms with van der Waals surface area (Å²) in [6.45, 7) is 2.24. The fourth-order valence-corrected chi connectivity index (χ4v) is 5.51. The molecule has 2 N–H and O–H groups in total. The smallest absolute Gasteiger partial charge is 0.352 e. The van der Waals surface area contributed by atoms with Crippen LogP contribution in [0.25, 0.3) is 4.83 Å². The van der Waals surface area contributed by atoms with Crippen molar-refractivity contribution in [1.82, 2.24) is 14.6 Å². The van der Waals surface area contributed by atoms with Gasteiger partial charge in [0.1, 0.15) is 30.7 Å². The maximum atomic E-state index is 11.9. The van der Waals surface area contributed by atoms with Crippen LogP contribution in [0.5, 0.6) is 0 Å². The zero-order valence-corrected chi connectivity index (χ0v) is 15.5. The van der Waals surface area contributed by atoms with Crippen molar-refractivity contribution < 1.29 is 24.1 Å². The third-order valence-electron chi connectivity index (χ3n) is 4.64. The normalized spacial score (nSPS) is 20.7. The Balaban J connectivity index is 1.76. The van der Waals surface area contributed by atoms with Crippen molar-refractivity contribution in [1.29, 1.82) is 0 Å². The van der Waals surface area contributed by atoms with Crippen LogP contribution in [-0.2, 0) is 20.9 Å². The van der Waals surface area contributed by atoms with E-state index in [0.717, 1.165) is 10.7 Å². The first-order chi connectivity index (χ1) is 12.5. The van der Waals surface area contributed by atoms with Gasteiger partial charge in [-0.2, -0.15) is 4.40 Å². The number of carbonyl (C=O) groups excluding carboxylic acids is 2. The molecule has 0 aliphatic carbocycles. The highest BCUT2D eigenvalue weighted by Crippen LogP contribution is 2.40. The standard InChI is InChI=1S/C16H16N4O4S2/c1-9(17-8-21)15-18(6-13-19(15)2-3-25-13)5-10-7-26-12-4-11(22)20(12)14(10)16(23)24/h2-3,6,8-9,12H,4-5,7H2,1H3,(H-,17,21,23,24)/p+1/t9-,12+/m1/s1. The highest BCUT2D eigenvalue weighted by atomic mass is 32.2. The molecule has 2 aromatic heterocycles. The molecule has 0 aromatic carbocycles. The van der Waals surface area contributed by atoms with E-state index in [9.17, 15) is 19.5 Å². The van der Waals surface area contributed by atoms with Crippen LogP contribution in [0.1, 0.15) is 25.2 Å². The van der Waals surface area contributed by atoms with E-state index in [1.54, 1.807) is 23.1 Å². The monoisotopic (exact) mass is 393 g/mol. The minimum Gasteiger partial charge on any atom is -0.477 e. The molecule has 0 unspecified atom stereocenters. The number of nitrogens with zero attached hydrogens (tertiary/aromatic N) is 3. The van der Waals surface area contributed by atoms with Crippen LogP contribution < -0.4 is 9.88 Å². The number of amides is 2. The van der Waals surface area contributed by atoms with E-state index in [1.807, 2.05) is 33.7 Å². The Kier molecular flexibility index (Phi) is 4.23. The topological polar surface area (TPSA) is 95.0 Å². The van der Waals surface area contributed by atoms with Crippen LogP contribution in [0, 0.1) is 0 Å². The molecule has 0 radical (unpaired) electrons. The molecule has 2 aromatic rings. The van der Waals surface area contributed by atoms with E-state index in [-0.39, 0.29) is 23.0 Å². The van der Waals surface area contributed by atoms with Gasteiger partial charge in [0.15, 0.2) is 0 Å². The van der Waals surface area contributed by atoms with Gasteiger partial charge in [-0.3, -0.25) is 14.5 Å². The number of hydrogen-bond acceptors (Lipinski definition) is 5. The second-order valence-electron chi connectivity index (χ2n) is 6.22. The van der Waals surface area contributed by atoms with Crippen LogP contribution in [0.2, 0.25) is 0 Å². The van der Waals surface area contributed by atoms with Crippen LogP contribution >= 0.6 is 23.1 Å². The zero-order chi connectivity index (χ0) is 18.4. The molecule has 0 bridgehead atoms. The van der Waals surface area contributed by atoms with Gasteiger partial charge in [-0.05, 0) is 6.92 Å². The molecule has 2 amide bonds. The summed E-state index contributed by atoms with van der Waals surface area (Å²) in [7, 11) is 0. The third-order valence-corrected chi connectivity index (χ3v) is 6.72. The number of hydrogen-bond donors (Lipinski definition) is 2. The number of carbonyl (C=O) groups is 3. The molecule has 2 aliphatic rings. The molecule has 2 aliphatic heterocycles. The Labute approximate surface area is 157 Å². The van der Waals surface area contributed by atoms with Gasteiger partial charge >= 0.3 is 5.97 Å². The van der Waals surface area contributed by atoms with Gasteiger partial charge in [-0.1, -0.05) is 11.3 Å². The van der Waals surface area contributed by atoms with Crippen molar-refractivity contribution in [3.63, 3.8) is 0 Å². The van der Waals surface area contributed by atoms with Crippen LogP contribution in [0.4, 0.5) is 0 Å². The van der Waals surface area contributed by atoms with E-state index in [0.29, 0.717) is 30.7 Å². The number of imidazole rings is 1. The molecule has 2 atom stereocenters. The molecule has 1 saturated heterocycles. The molecular formula is C16H17N4O4S2+. The van der Waals surface area contributed by atoms with Crippen LogP contribution in [0.3, 0.4) is 0 Å². The molecule has 0 spiro atoms. The third kappa shape index (κ3) is 2.60. The zero-order valence-electron chi connectivity index (χ0n) is 13.9. The molecule has 1 fully saturated rings. The number of carboxylic acids is 1. The highest BCUT2D eigenvalue weighted by molar-refractivity contribution is 8.00. The lowest BCUT2D eigenvalue weighted by Crippen LogP contribution is -2.55. The van der Waals surface area contributed by atoms with Crippen molar-refractivity contribution in [3.8, 4) is 0 Å². The van der Waals surface area contributed by atoms with Crippen molar-refractivity contribution in [2.24, 2.45) is 0 Å². The van der Waals surface area contributed by atoms with Crippen molar-refractivity contribution >= 4 is 46.2 Å². The number of aromatic nitrogens is 2. The Morgan fingerprint density at radius 2 is 2.38 bits per heavy atom. The van der Waals surface area contributed by atoms with Crippen molar-refractivity contribution in [2.45, 2.75) is 31.3 Å². The minimum atomic E-state index is -1.07. The number of rotatable bonds is 6. The van der Waals surface area contributed by atoms with E-state index in [1.165, 1.54) is 4.90 Å². The Morgan fingerprint density at radius 1 is 1.58 bits per heavy atom. The second kappa shape index (κ2) is 6.44. The molecule has 136 valence electrons. The lowest BCUT2D eigenvalue weighted by Gasteiger charge is -2.43. The molecule has 8 nitrogen and oxygen atoms in total. The average Bonchev–Trinajstić information content (AvgIpc) is 3.15. The van der Waals surface area contributed by atoms with Gasteiger partial charge in [0.2, 0.25) is 17.1 Å². The number of thiazole rings is 1. The first kappa shape index (κ1) is 17.1. The first-order valence-corrected chi connectivity index (χ1v) is 10.0. The SMILES string of the molecule is C[C@@H](NC=O)c1n2ccsc2c[n+]1CC1=C(C(=O)O)N2C(=O)C[C@@H]2SC1. The highest BCUT2D eigenvalue weighted by Gasteiger charge is 2.45. The maximum Gasteiger partial charge on any atom is 0.352 e. The number of fused-ring (bicyclic) bond motifs is 2. The van der Waals surface area contributed by atoms with Gasteiger partial charge in [0.25, 0.3) is 5.82 Å². The summed E-state index contributed by atoms with van der Waals surface area (Å²) in [5.41, 5.74) is 0.809. The molecule has 26 heavy (non-hydrogen) atoms. The fraction of sp³-hybridized carbons (Fsp3) is 0.375. The molecule has 0 saturated carbocycles. The summed E-state index contributed by atoms with van der Waals surface area (Å²) in [5.74, 6) is 0.214. The molecule has 10 heteroatoms. The van der Waals surface area contributed by atoms with E-state index in [2.05, 4.69) is 5.32 Å². The van der Waals surface area contributed by atoms with Gasteiger partial charge in [-0.25, -0.2) is 9.36 Å². The Bertz CT molecular complexity index is 947. The van der Waals surface area contributed by atoms with E-state index in [4.69, 9.17) is 0 Å². The van der Waals surface area contributed by atoms with Gasteiger partial charge in [-0.15, -0.1) is 11.8 Å². The Hall–Kier alpha value is -2.33. The van der Waals surface area contributed by atoms with Crippen molar-refractivity contribution in [2.75, 3.05) is 5.75 Å². The van der Waals surface area contributed by atoms with Gasteiger partial charge < -0.3 is 10.4 Å². The average molecular weight is 393 g/mol. The van der Waals surface area contributed by atoms with E-state index >= 15 is 0 Å². The summed E-state index contributed by atoms with van der Waals surface area (Å²) in [6, 6.07) is -0.242. The maximum absolute atomic E-state index is 11.9.